The van der Waals surface area contributed by atoms with Gasteiger partial charge >= 0.3 is 0 Å². The van der Waals surface area contributed by atoms with E-state index in [1.807, 2.05) is 42.5 Å². The van der Waals surface area contributed by atoms with Gasteiger partial charge < -0.3 is 14.7 Å². The van der Waals surface area contributed by atoms with Crippen molar-refractivity contribution in [3.63, 3.8) is 0 Å². The molecule has 0 fully saturated rings. The van der Waals surface area contributed by atoms with E-state index < -0.39 is 6.10 Å². The van der Waals surface area contributed by atoms with Gasteiger partial charge in [0.2, 0.25) is 5.91 Å². The molecule has 0 radical (unpaired) electrons. The minimum absolute atomic E-state index is 0.0248. The first kappa shape index (κ1) is 15.1. The summed E-state index contributed by atoms with van der Waals surface area (Å²) in [5.41, 5.74) is 1.63. The molecule has 1 N–H and O–H groups in total. The quantitative estimate of drug-likeness (QED) is 0.919. The van der Waals surface area contributed by atoms with Crippen LogP contribution in [-0.4, -0.2) is 24.7 Å². The molecule has 4 heteroatoms. The molecule has 0 aromatic heterocycles. The summed E-state index contributed by atoms with van der Waals surface area (Å²) in [6, 6.07) is 16.6. The van der Waals surface area contributed by atoms with E-state index in [1.165, 1.54) is 6.92 Å². The van der Waals surface area contributed by atoms with Gasteiger partial charge in [-0.3, -0.25) is 4.79 Å². The molecule has 0 aliphatic carbocycles. The number of amides is 1. The van der Waals surface area contributed by atoms with Crippen molar-refractivity contribution in [3.8, 4) is 5.75 Å². The average molecular weight is 285 g/mol. The van der Waals surface area contributed by atoms with Crippen LogP contribution >= 0.6 is 0 Å². The van der Waals surface area contributed by atoms with E-state index in [1.54, 1.807) is 24.1 Å². The van der Waals surface area contributed by atoms with Crippen LogP contribution in [0.1, 0.15) is 18.6 Å². The van der Waals surface area contributed by atoms with Crippen LogP contribution in [-0.2, 0) is 4.79 Å². The second kappa shape index (κ2) is 6.90. The Morgan fingerprint density at radius 3 is 2.33 bits per heavy atom. The summed E-state index contributed by atoms with van der Waals surface area (Å²) >= 11 is 0. The van der Waals surface area contributed by atoms with Crippen molar-refractivity contribution >= 4 is 11.6 Å². The van der Waals surface area contributed by atoms with Gasteiger partial charge in [-0.15, -0.1) is 0 Å². The number of hydrogen-bond donors (Lipinski definition) is 1. The van der Waals surface area contributed by atoms with E-state index in [2.05, 4.69) is 0 Å². The highest BCUT2D eigenvalue weighted by molar-refractivity contribution is 5.90. The van der Waals surface area contributed by atoms with Crippen molar-refractivity contribution in [1.29, 1.82) is 0 Å². The van der Waals surface area contributed by atoms with Crippen LogP contribution in [0.3, 0.4) is 0 Å². The zero-order chi connectivity index (χ0) is 15.2. The maximum Gasteiger partial charge on any atom is 0.223 e. The lowest BCUT2D eigenvalue weighted by molar-refractivity contribution is -0.116. The van der Waals surface area contributed by atoms with Crippen molar-refractivity contribution in [2.75, 3.05) is 18.6 Å². The molecule has 0 heterocycles. The fourth-order valence-electron chi connectivity index (χ4n) is 1.89. The van der Waals surface area contributed by atoms with E-state index in [0.29, 0.717) is 5.75 Å². The fraction of sp³-hybridized carbons (Fsp3) is 0.235. The molecule has 0 saturated carbocycles. The van der Waals surface area contributed by atoms with E-state index in [4.69, 9.17) is 4.74 Å². The molecule has 1 unspecified atom stereocenters. The molecule has 0 saturated heterocycles. The summed E-state index contributed by atoms with van der Waals surface area (Å²) < 4.78 is 5.56. The van der Waals surface area contributed by atoms with Crippen LogP contribution in [0.5, 0.6) is 5.75 Å². The normalized spacial score (nSPS) is 11.8. The Hall–Kier alpha value is -2.33. The van der Waals surface area contributed by atoms with Crippen molar-refractivity contribution in [2.24, 2.45) is 0 Å². The number of carbonyl (C=O) groups excluding carboxylic acids is 1. The summed E-state index contributed by atoms with van der Waals surface area (Å²) in [4.78, 5) is 12.8. The molecule has 2 rings (SSSR count). The third kappa shape index (κ3) is 4.07. The van der Waals surface area contributed by atoms with Crippen LogP contribution in [0.25, 0.3) is 0 Å². The molecule has 2 aromatic rings. The highest BCUT2D eigenvalue weighted by Gasteiger charge is 2.09. The van der Waals surface area contributed by atoms with Gasteiger partial charge in [0.25, 0.3) is 0 Å². The SMILES string of the molecule is CC(=O)N(C)c1ccc(OCC(O)c2ccccc2)cc1. The largest absolute Gasteiger partial charge is 0.491 e. The van der Waals surface area contributed by atoms with E-state index in [-0.39, 0.29) is 12.5 Å². The smallest absolute Gasteiger partial charge is 0.223 e. The number of aliphatic hydroxyl groups excluding tert-OH is 1. The molecular weight excluding hydrogens is 266 g/mol. The van der Waals surface area contributed by atoms with Gasteiger partial charge in [-0.05, 0) is 29.8 Å². The average Bonchev–Trinajstić information content (AvgIpc) is 2.53. The first-order chi connectivity index (χ1) is 10.1. The number of nitrogens with zero attached hydrogens (tertiary/aromatic N) is 1. The lowest BCUT2D eigenvalue weighted by atomic mass is 10.1. The van der Waals surface area contributed by atoms with Crippen LogP contribution in [0.2, 0.25) is 0 Å². The third-order valence-electron chi connectivity index (χ3n) is 3.29. The van der Waals surface area contributed by atoms with Gasteiger partial charge in [0, 0.05) is 19.7 Å². The van der Waals surface area contributed by atoms with Gasteiger partial charge in [-0.1, -0.05) is 30.3 Å². The Morgan fingerprint density at radius 2 is 1.76 bits per heavy atom. The minimum atomic E-state index is -0.661. The first-order valence-electron chi connectivity index (χ1n) is 6.78. The molecule has 1 atom stereocenters. The first-order valence-corrected chi connectivity index (χ1v) is 6.78. The van der Waals surface area contributed by atoms with Crippen molar-refractivity contribution in [3.05, 3.63) is 60.2 Å². The predicted octanol–water partition coefficient (Wildman–Crippen LogP) is 2.78. The second-order valence-corrected chi connectivity index (χ2v) is 4.81. The third-order valence-corrected chi connectivity index (χ3v) is 3.29. The highest BCUT2D eigenvalue weighted by atomic mass is 16.5. The second-order valence-electron chi connectivity index (χ2n) is 4.81. The monoisotopic (exact) mass is 285 g/mol. The minimum Gasteiger partial charge on any atom is -0.491 e. The Morgan fingerprint density at radius 1 is 1.14 bits per heavy atom. The molecule has 21 heavy (non-hydrogen) atoms. The number of benzene rings is 2. The maximum atomic E-state index is 11.3. The highest BCUT2D eigenvalue weighted by Crippen LogP contribution is 2.20. The zero-order valence-corrected chi connectivity index (χ0v) is 12.2. The van der Waals surface area contributed by atoms with Crippen LogP contribution in [0.15, 0.2) is 54.6 Å². The number of rotatable bonds is 5. The van der Waals surface area contributed by atoms with Gasteiger partial charge in [0.05, 0.1) is 0 Å². The number of hydrogen-bond acceptors (Lipinski definition) is 3. The standard InChI is InChI=1S/C17H19NO3/c1-13(19)18(2)15-8-10-16(11-9-15)21-12-17(20)14-6-4-3-5-7-14/h3-11,17,20H,12H2,1-2H3. The Balaban J connectivity index is 1.93. The van der Waals surface area contributed by atoms with Gasteiger partial charge in [-0.2, -0.15) is 0 Å². The van der Waals surface area contributed by atoms with Crippen LogP contribution in [0, 0.1) is 0 Å². The molecule has 110 valence electrons. The molecular formula is C17H19NO3. The van der Waals surface area contributed by atoms with Crippen LogP contribution < -0.4 is 9.64 Å². The Bertz CT molecular complexity index is 581. The fourth-order valence-corrected chi connectivity index (χ4v) is 1.89. The summed E-state index contributed by atoms with van der Waals surface area (Å²) in [6.45, 7) is 1.70. The van der Waals surface area contributed by atoms with Gasteiger partial charge in [-0.25, -0.2) is 0 Å². The number of anilines is 1. The molecule has 1 amide bonds. The van der Waals surface area contributed by atoms with Crippen LogP contribution in [0.4, 0.5) is 5.69 Å². The van der Waals surface area contributed by atoms with E-state index >= 15 is 0 Å². The van der Waals surface area contributed by atoms with Crippen molar-refractivity contribution in [2.45, 2.75) is 13.0 Å². The molecule has 4 nitrogen and oxygen atoms in total. The molecule has 0 spiro atoms. The summed E-state index contributed by atoms with van der Waals surface area (Å²) in [7, 11) is 1.72. The topological polar surface area (TPSA) is 49.8 Å². The number of carbonyl (C=O) groups is 1. The summed E-state index contributed by atoms with van der Waals surface area (Å²) in [5, 5.41) is 10.0. The van der Waals surface area contributed by atoms with Crippen molar-refractivity contribution in [1.82, 2.24) is 0 Å². The Labute approximate surface area is 124 Å². The number of ether oxygens (including phenoxy) is 1. The van der Waals surface area contributed by atoms with Gasteiger partial charge in [0.1, 0.15) is 18.5 Å². The molecule has 2 aromatic carbocycles. The summed E-state index contributed by atoms with van der Waals surface area (Å²) in [6.07, 6.45) is -0.661. The van der Waals surface area contributed by atoms with Crippen molar-refractivity contribution < 1.29 is 14.6 Å². The van der Waals surface area contributed by atoms with E-state index in [0.717, 1.165) is 11.3 Å². The Kier molecular flexibility index (Phi) is 4.95. The van der Waals surface area contributed by atoms with Gasteiger partial charge in [0.15, 0.2) is 0 Å². The lowest BCUT2D eigenvalue weighted by Gasteiger charge is -2.16. The molecule has 0 bridgehead atoms. The number of aliphatic hydroxyl groups is 1. The summed E-state index contributed by atoms with van der Waals surface area (Å²) in [5.74, 6) is 0.633. The van der Waals surface area contributed by atoms with E-state index in [9.17, 15) is 9.90 Å². The zero-order valence-electron chi connectivity index (χ0n) is 12.2. The molecule has 0 aliphatic heterocycles. The predicted molar refractivity (Wildman–Crippen MR) is 82.4 cm³/mol. The maximum absolute atomic E-state index is 11.3. The molecule has 0 aliphatic rings. The lowest BCUT2D eigenvalue weighted by Crippen LogP contribution is -2.22.